The highest BCUT2D eigenvalue weighted by Crippen LogP contribution is 2.23. The van der Waals surface area contributed by atoms with Gasteiger partial charge in [0.2, 0.25) is 0 Å². The van der Waals surface area contributed by atoms with Crippen molar-refractivity contribution in [2.24, 2.45) is 4.99 Å². The third kappa shape index (κ3) is 7.19. The molecule has 0 radical (unpaired) electrons. The van der Waals surface area contributed by atoms with Crippen molar-refractivity contribution in [3.8, 4) is 5.75 Å². The SMILES string of the molecule is CCCNC(=NC)NCC(C)Oc1ccccc1Cl.I. The molecule has 2 N–H and O–H groups in total. The molecule has 0 aliphatic rings. The zero-order chi connectivity index (χ0) is 14.1. The molecule has 1 unspecified atom stereocenters. The Morgan fingerprint density at radius 1 is 1.35 bits per heavy atom. The van der Waals surface area contributed by atoms with E-state index >= 15 is 0 Å². The number of nitrogens with one attached hydrogen (secondary N) is 2. The standard InChI is InChI=1S/C14H22ClN3O.HI/c1-4-9-17-14(16-3)18-10-11(2)19-13-8-6-5-7-12(13)15;/h5-8,11H,4,9-10H2,1-3H3,(H2,16,17,18);1H. The van der Waals surface area contributed by atoms with Crippen LogP contribution >= 0.6 is 35.6 Å². The van der Waals surface area contributed by atoms with Crippen LogP contribution in [0.15, 0.2) is 29.3 Å². The molecule has 0 spiro atoms. The van der Waals surface area contributed by atoms with Crippen molar-refractivity contribution >= 4 is 41.5 Å². The molecule has 1 rings (SSSR count). The van der Waals surface area contributed by atoms with Gasteiger partial charge in [-0.3, -0.25) is 4.99 Å². The third-order valence-electron chi connectivity index (χ3n) is 2.49. The first-order valence-corrected chi connectivity index (χ1v) is 6.90. The highest BCUT2D eigenvalue weighted by Gasteiger charge is 2.07. The number of guanidine groups is 1. The molecule has 0 aliphatic heterocycles. The highest BCUT2D eigenvalue weighted by molar-refractivity contribution is 14.0. The van der Waals surface area contributed by atoms with Gasteiger partial charge >= 0.3 is 0 Å². The van der Waals surface area contributed by atoms with Crippen LogP contribution in [0.25, 0.3) is 0 Å². The van der Waals surface area contributed by atoms with E-state index in [0.717, 1.165) is 18.9 Å². The maximum Gasteiger partial charge on any atom is 0.191 e. The topological polar surface area (TPSA) is 45.7 Å². The summed E-state index contributed by atoms with van der Waals surface area (Å²) < 4.78 is 5.77. The summed E-state index contributed by atoms with van der Waals surface area (Å²) in [6.07, 6.45) is 1.06. The molecular weight excluding hydrogens is 389 g/mol. The Hall–Kier alpha value is -0.690. The minimum Gasteiger partial charge on any atom is -0.487 e. The molecule has 1 aromatic carbocycles. The van der Waals surface area contributed by atoms with E-state index in [0.29, 0.717) is 17.3 Å². The number of rotatable bonds is 6. The van der Waals surface area contributed by atoms with Crippen molar-refractivity contribution in [2.75, 3.05) is 20.1 Å². The molecule has 1 atom stereocenters. The average Bonchev–Trinajstić information content (AvgIpc) is 2.41. The van der Waals surface area contributed by atoms with Crippen molar-refractivity contribution in [2.45, 2.75) is 26.4 Å². The quantitative estimate of drug-likeness (QED) is 0.429. The number of halogens is 2. The van der Waals surface area contributed by atoms with E-state index in [1.807, 2.05) is 31.2 Å². The molecule has 0 aromatic heterocycles. The molecule has 114 valence electrons. The number of para-hydroxylation sites is 1. The van der Waals surface area contributed by atoms with Gasteiger partial charge in [0.05, 0.1) is 11.6 Å². The van der Waals surface area contributed by atoms with Gasteiger partial charge in [0.15, 0.2) is 5.96 Å². The lowest BCUT2D eigenvalue weighted by Crippen LogP contribution is -2.42. The molecule has 0 saturated heterocycles. The Bertz CT molecular complexity index is 415. The Labute approximate surface area is 143 Å². The normalized spacial score (nSPS) is 12.3. The second-order valence-corrected chi connectivity index (χ2v) is 4.65. The zero-order valence-electron chi connectivity index (χ0n) is 12.1. The monoisotopic (exact) mass is 411 g/mol. The molecule has 0 aliphatic carbocycles. The molecule has 4 nitrogen and oxygen atoms in total. The van der Waals surface area contributed by atoms with Gasteiger partial charge in [-0.25, -0.2) is 0 Å². The summed E-state index contributed by atoms with van der Waals surface area (Å²) in [5.74, 6) is 1.49. The molecule has 0 heterocycles. The number of ether oxygens (including phenoxy) is 1. The average molecular weight is 412 g/mol. The summed E-state index contributed by atoms with van der Waals surface area (Å²) in [6.45, 7) is 5.67. The van der Waals surface area contributed by atoms with E-state index in [4.69, 9.17) is 16.3 Å². The molecule has 6 heteroatoms. The first-order chi connectivity index (χ1) is 9.17. The molecule has 1 aromatic rings. The van der Waals surface area contributed by atoms with Crippen LogP contribution in [0, 0.1) is 0 Å². The number of aliphatic imine (C=N–C) groups is 1. The van der Waals surface area contributed by atoms with Crippen molar-refractivity contribution < 1.29 is 4.74 Å². The summed E-state index contributed by atoms with van der Waals surface area (Å²) in [5, 5.41) is 7.05. The molecule has 0 saturated carbocycles. The van der Waals surface area contributed by atoms with Crippen LogP contribution in [0.2, 0.25) is 5.02 Å². The van der Waals surface area contributed by atoms with Crippen molar-refractivity contribution in [3.05, 3.63) is 29.3 Å². The minimum atomic E-state index is 0. The fourth-order valence-electron chi connectivity index (χ4n) is 1.50. The van der Waals surface area contributed by atoms with Crippen molar-refractivity contribution in [1.82, 2.24) is 10.6 Å². The number of benzene rings is 1. The fourth-order valence-corrected chi connectivity index (χ4v) is 1.68. The van der Waals surface area contributed by atoms with E-state index in [-0.39, 0.29) is 30.1 Å². The van der Waals surface area contributed by atoms with Gasteiger partial charge in [-0.1, -0.05) is 30.7 Å². The van der Waals surface area contributed by atoms with Crippen LogP contribution in [0.4, 0.5) is 0 Å². The fraction of sp³-hybridized carbons (Fsp3) is 0.500. The summed E-state index contributed by atoms with van der Waals surface area (Å²) in [5.41, 5.74) is 0. The summed E-state index contributed by atoms with van der Waals surface area (Å²) >= 11 is 6.05. The molecule has 0 fully saturated rings. The first kappa shape index (κ1) is 19.3. The lowest BCUT2D eigenvalue weighted by Gasteiger charge is -2.18. The van der Waals surface area contributed by atoms with E-state index < -0.39 is 0 Å². The molecule has 0 amide bonds. The van der Waals surface area contributed by atoms with Crippen LogP contribution in [-0.2, 0) is 0 Å². The van der Waals surface area contributed by atoms with Gasteiger partial charge in [0, 0.05) is 13.6 Å². The van der Waals surface area contributed by atoms with Gasteiger partial charge in [0.1, 0.15) is 11.9 Å². The number of hydrogen-bond acceptors (Lipinski definition) is 2. The van der Waals surface area contributed by atoms with Crippen LogP contribution in [0.3, 0.4) is 0 Å². The van der Waals surface area contributed by atoms with Gasteiger partial charge < -0.3 is 15.4 Å². The second-order valence-electron chi connectivity index (χ2n) is 4.24. The van der Waals surface area contributed by atoms with Gasteiger partial charge in [0.25, 0.3) is 0 Å². The maximum atomic E-state index is 6.05. The first-order valence-electron chi connectivity index (χ1n) is 6.53. The smallest absolute Gasteiger partial charge is 0.191 e. The largest absolute Gasteiger partial charge is 0.487 e. The Morgan fingerprint density at radius 2 is 2.05 bits per heavy atom. The molecule has 0 bridgehead atoms. The Balaban J connectivity index is 0.00000361. The number of hydrogen-bond donors (Lipinski definition) is 2. The van der Waals surface area contributed by atoms with Crippen LogP contribution in [0.5, 0.6) is 5.75 Å². The summed E-state index contributed by atoms with van der Waals surface area (Å²) in [4.78, 5) is 4.13. The Kier molecular flexibility index (Phi) is 10.6. The summed E-state index contributed by atoms with van der Waals surface area (Å²) in [6, 6.07) is 7.47. The van der Waals surface area contributed by atoms with Crippen molar-refractivity contribution in [1.29, 1.82) is 0 Å². The van der Waals surface area contributed by atoms with E-state index in [2.05, 4.69) is 22.5 Å². The van der Waals surface area contributed by atoms with Gasteiger partial charge in [-0.15, -0.1) is 24.0 Å². The van der Waals surface area contributed by atoms with Crippen LogP contribution in [-0.4, -0.2) is 32.2 Å². The molecular formula is C14H23ClIN3O. The highest BCUT2D eigenvalue weighted by atomic mass is 127. The van der Waals surface area contributed by atoms with E-state index in [1.54, 1.807) is 7.05 Å². The van der Waals surface area contributed by atoms with E-state index in [1.165, 1.54) is 0 Å². The van der Waals surface area contributed by atoms with Crippen molar-refractivity contribution in [3.63, 3.8) is 0 Å². The predicted octanol–water partition coefficient (Wildman–Crippen LogP) is 3.30. The predicted molar refractivity (Wildman–Crippen MR) is 96.6 cm³/mol. The van der Waals surface area contributed by atoms with Crippen LogP contribution < -0.4 is 15.4 Å². The summed E-state index contributed by atoms with van der Waals surface area (Å²) in [7, 11) is 1.75. The minimum absolute atomic E-state index is 0. The number of nitrogens with zero attached hydrogens (tertiary/aromatic N) is 1. The maximum absolute atomic E-state index is 6.05. The van der Waals surface area contributed by atoms with Crippen LogP contribution in [0.1, 0.15) is 20.3 Å². The lowest BCUT2D eigenvalue weighted by atomic mass is 10.3. The van der Waals surface area contributed by atoms with E-state index in [9.17, 15) is 0 Å². The lowest BCUT2D eigenvalue weighted by molar-refractivity contribution is 0.224. The van der Waals surface area contributed by atoms with Gasteiger partial charge in [-0.2, -0.15) is 0 Å². The van der Waals surface area contributed by atoms with Gasteiger partial charge in [-0.05, 0) is 25.5 Å². The molecule has 20 heavy (non-hydrogen) atoms. The zero-order valence-corrected chi connectivity index (χ0v) is 15.2. The second kappa shape index (κ2) is 11.0. The Morgan fingerprint density at radius 3 is 2.65 bits per heavy atom. The third-order valence-corrected chi connectivity index (χ3v) is 2.80.